The van der Waals surface area contributed by atoms with Gasteiger partial charge in [-0.15, -0.1) is 0 Å². The molecule has 1 aliphatic heterocycles. The lowest BCUT2D eigenvalue weighted by atomic mass is 9.91. The third-order valence-corrected chi connectivity index (χ3v) is 5.36. The summed E-state index contributed by atoms with van der Waals surface area (Å²) in [5.74, 6) is 1.03. The first-order valence-electron chi connectivity index (χ1n) is 9.72. The van der Waals surface area contributed by atoms with Crippen molar-refractivity contribution in [1.82, 2.24) is 24.7 Å². The Hall–Kier alpha value is -3.42. The van der Waals surface area contributed by atoms with E-state index < -0.39 is 0 Å². The topological polar surface area (TPSA) is 89.7 Å². The molecule has 4 aromatic rings. The van der Waals surface area contributed by atoms with E-state index in [1.54, 1.807) is 12.1 Å². The van der Waals surface area contributed by atoms with E-state index in [0.29, 0.717) is 24.6 Å². The largest absolute Gasteiger partial charge is 0.459 e. The molecule has 8 nitrogen and oxygen atoms in total. The number of rotatable bonds is 3. The van der Waals surface area contributed by atoms with Crippen molar-refractivity contribution in [2.24, 2.45) is 0 Å². The monoisotopic (exact) mass is 391 g/mol. The van der Waals surface area contributed by atoms with Crippen LogP contribution in [0.15, 0.2) is 45.7 Å². The van der Waals surface area contributed by atoms with Crippen LogP contribution < -0.4 is 0 Å². The number of aromatic nitrogens is 4. The van der Waals surface area contributed by atoms with Crippen molar-refractivity contribution < 1.29 is 13.7 Å². The number of fused-ring (bicyclic) bond motifs is 1. The summed E-state index contributed by atoms with van der Waals surface area (Å²) in [4.78, 5) is 19.2. The summed E-state index contributed by atoms with van der Waals surface area (Å²) < 4.78 is 12.7. The molecule has 0 saturated carbocycles. The number of hydrogen-bond acceptors (Lipinski definition) is 6. The molecule has 0 radical (unpaired) electrons. The molecule has 1 atom stereocenters. The van der Waals surface area contributed by atoms with Crippen LogP contribution in [0.5, 0.6) is 0 Å². The molecule has 5 rings (SSSR count). The van der Waals surface area contributed by atoms with Gasteiger partial charge in [0, 0.05) is 37.3 Å². The first kappa shape index (κ1) is 17.7. The first-order valence-corrected chi connectivity index (χ1v) is 9.72. The highest BCUT2D eigenvalue weighted by Gasteiger charge is 2.31. The van der Waals surface area contributed by atoms with Crippen LogP contribution in [0.25, 0.3) is 17.0 Å². The third-order valence-electron chi connectivity index (χ3n) is 5.36. The van der Waals surface area contributed by atoms with Gasteiger partial charge >= 0.3 is 0 Å². The van der Waals surface area contributed by atoms with Crippen molar-refractivity contribution in [3.63, 3.8) is 0 Å². The van der Waals surface area contributed by atoms with Gasteiger partial charge in [0.25, 0.3) is 5.91 Å². The Labute approximate surface area is 167 Å². The van der Waals surface area contributed by atoms with Gasteiger partial charge in [0.15, 0.2) is 17.2 Å². The second-order valence-corrected chi connectivity index (χ2v) is 7.51. The molecule has 0 bridgehead atoms. The molecule has 1 fully saturated rings. The van der Waals surface area contributed by atoms with E-state index in [4.69, 9.17) is 8.94 Å². The summed E-state index contributed by atoms with van der Waals surface area (Å²) in [7, 11) is 0. The van der Waals surface area contributed by atoms with Crippen LogP contribution in [-0.2, 0) is 0 Å². The van der Waals surface area contributed by atoms with Gasteiger partial charge in [-0.1, -0.05) is 5.16 Å². The highest BCUT2D eigenvalue weighted by atomic mass is 16.5. The lowest BCUT2D eigenvalue weighted by Gasteiger charge is -2.33. The SMILES string of the molecule is Cc1cc(-c2cnc3cc(C)nn3c2C2CCCN(C(=O)c3ccco3)C2)on1. The van der Waals surface area contributed by atoms with E-state index in [0.717, 1.165) is 41.1 Å². The number of piperidine rings is 1. The van der Waals surface area contributed by atoms with Gasteiger partial charge < -0.3 is 13.8 Å². The van der Waals surface area contributed by atoms with Gasteiger partial charge in [-0.05, 0) is 38.8 Å². The maximum absolute atomic E-state index is 12.8. The zero-order valence-corrected chi connectivity index (χ0v) is 16.3. The molecule has 0 N–H and O–H groups in total. The van der Waals surface area contributed by atoms with E-state index in [-0.39, 0.29) is 11.8 Å². The fourth-order valence-electron chi connectivity index (χ4n) is 4.08. The lowest BCUT2D eigenvalue weighted by molar-refractivity contribution is 0.0673. The van der Waals surface area contributed by atoms with Crippen LogP contribution in [0.3, 0.4) is 0 Å². The Kier molecular flexibility index (Phi) is 4.19. The number of hydrogen-bond donors (Lipinski definition) is 0. The van der Waals surface area contributed by atoms with Crippen molar-refractivity contribution >= 4 is 11.6 Å². The normalized spacial score (nSPS) is 17.2. The molecule has 1 saturated heterocycles. The average molecular weight is 391 g/mol. The summed E-state index contributed by atoms with van der Waals surface area (Å²) in [6, 6.07) is 7.29. The Morgan fingerprint density at radius 1 is 1.24 bits per heavy atom. The summed E-state index contributed by atoms with van der Waals surface area (Å²) in [5.41, 5.74) is 4.34. The number of furan rings is 1. The molecule has 1 amide bonds. The number of carbonyl (C=O) groups is 1. The highest BCUT2D eigenvalue weighted by molar-refractivity contribution is 5.91. The lowest BCUT2D eigenvalue weighted by Crippen LogP contribution is -2.39. The predicted octanol–water partition coefficient (Wildman–Crippen LogP) is 3.61. The van der Waals surface area contributed by atoms with Crippen LogP contribution in [-0.4, -0.2) is 43.7 Å². The summed E-state index contributed by atoms with van der Waals surface area (Å²) in [6.45, 7) is 5.13. The minimum Gasteiger partial charge on any atom is -0.459 e. The summed E-state index contributed by atoms with van der Waals surface area (Å²) in [6.07, 6.45) is 5.19. The van der Waals surface area contributed by atoms with Crippen LogP contribution in [0.4, 0.5) is 0 Å². The number of carbonyl (C=O) groups excluding carboxylic acids is 1. The van der Waals surface area contributed by atoms with E-state index >= 15 is 0 Å². The van der Waals surface area contributed by atoms with Crippen molar-refractivity contribution in [3.05, 3.63) is 59.6 Å². The molecule has 148 valence electrons. The van der Waals surface area contributed by atoms with E-state index in [1.807, 2.05) is 41.6 Å². The van der Waals surface area contributed by atoms with Crippen molar-refractivity contribution in [3.8, 4) is 11.3 Å². The maximum atomic E-state index is 12.8. The van der Waals surface area contributed by atoms with Gasteiger partial charge in [0.2, 0.25) is 0 Å². The van der Waals surface area contributed by atoms with E-state index in [2.05, 4.69) is 15.2 Å². The van der Waals surface area contributed by atoms with Gasteiger partial charge in [-0.3, -0.25) is 4.79 Å². The number of amides is 1. The molecular weight excluding hydrogens is 370 g/mol. The van der Waals surface area contributed by atoms with Gasteiger partial charge in [0.1, 0.15) is 0 Å². The average Bonchev–Trinajstić information content (AvgIpc) is 3.46. The standard InChI is InChI=1S/C21H21N5O3/c1-13-10-19-22-11-16(18-9-14(2)24-29-18)20(26(19)23-13)15-5-3-7-25(12-15)21(27)17-6-4-8-28-17/h4,6,8-11,15H,3,5,7,12H2,1-2H3. The van der Waals surface area contributed by atoms with Gasteiger partial charge in [0.05, 0.1) is 28.9 Å². The van der Waals surface area contributed by atoms with E-state index in [9.17, 15) is 4.79 Å². The Morgan fingerprint density at radius 2 is 2.14 bits per heavy atom. The molecule has 5 heterocycles. The quantitative estimate of drug-likeness (QED) is 0.530. The Morgan fingerprint density at radius 3 is 2.90 bits per heavy atom. The van der Waals surface area contributed by atoms with Crippen molar-refractivity contribution in [2.75, 3.05) is 13.1 Å². The highest BCUT2D eigenvalue weighted by Crippen LogP contribution is 2.35. The molecule has 4 aromatic heterocycles. The molecule has 1 aliphatic rings. The second kappa shape index (κ2) is 6.88. The van der Waals surface area contributed by atoms with Crippen LogP contribution >= 0.6 is 0 Å². The summed E-state index contributed by atoms with van der Waals surface area (Å²) in [5, 5.41) is 8.70. The smallest absolute Gasteiger partial charge is 0.289 e. The zero-order chi connectivity index (χ0) is 20.0. The molecule has 0 aliphatic carbocycles. The molecule has 1 unspecified atom stereocenters. The second-order valence-electron chi connectivity index (χ2n) is 7.51. The zero-order valence-electron chi connectivity index (χ0n) is 16.3. The fourth-order valence-corrected chi connectivity index (χ4v) is 4.08. The molecule has 8 heteroatoms. The first-order chi connectivity index (χ1) is 14.1. The van der Waals surface area contributed by atoms with E-state index in [1.165, 1.54) is 6.26 Å². The minimum absolute atomic E-state index is 0.0845. The number of nitrogens with zero attached hydrogens (tertiary/aromatic N) is 5. The molecular formula is C21H21N5O3. The molecule has 29 heavy (non-hydrogen) atoms. The minimum atomic E-state index is -0.0845. The molecule has 0 spiro atoms. The van der Waals surface area contributed by atoms with Crippen molar-refractivity contribution in [2.45, 2.75) is 32.6 Å². The Balaban J connectivity index is 1.58. The predicted molar refractivity (Wildman–Crippen MR) is 105 cm³/mol. The van der Waals surface area contributed by atoms with Crippen LogP contribution in [0, 0.1) is 13.8 Å². The molecule has 0 aromatic carbocycles. The van der Waals surface area contributed by atoms with Crippen LogP contribution in [0.1, 0.15) is 46.4 Å². The van der Waals surface area contributed by atoms with Crippen LogP contribution in [0.2, 0.25) is 0 Å². The van der Waals surface area contributed by atoms with Gasteiger partial charge in [-0.25, -0.2) is 9.50 Å². The maximum Gasteiger partial charge on any atom is 0.289 e. The van der Waals surface area contributed by atoms with Gasteiger partial charge in [-0.2, -0.15) is 5.10 Å². The summed E-state index contributed by atoms with van der Waals surface area (Å²) >= 11 is 0. The number of aryl methyl sites for hydroxylation is 2. The number of likely N-dealkylation sites (tertiary alicyclic amines) is 1. The van der Waals surface area contributed by atoms with Crippen molar-refractivity contribution in [1.29, 1.82) is 0 Å². The fraction of sp³-hybridized carbons (Fsp3) is 0.333. The Bertz CT molecular complexity index is 1170. The third kappa shape index (κ3) is 3.10.